The Morgan fingerprint density at radius 1 is 1.10 bits per heavy atom. The van der Waals surface area contributed by atoms with Gasteiger partial charge in [0.15, 0.2) is 5.78 Å². The minimum absolute atomic E-state index is 0.0402. The first-order valence-electron chi connectivity index (χ1n) is 6.32. The van der Waals surface area contributed by atoms with E-state index in [1.165, 1.54) is 23.1 Å². The molecule has 0 fully saturated rings. The molecule has 0 unspecified atom stereocenters. The molecule has 0 saturated carbocycles. The molecule has 2 rings (SSSR count). The summed E-state index contributed by atoms with van der Waals surface area (Å²) in [6, 6.07) is 12.8. The standard InChI is InChI=1S/C15H14ClNO2S2/c16-14-7-6-12(21-14)8-17-15(19)10-20-9-13(18)11-4-2-1-3-5-11/h1-7H,8-10H2,(H,17,19). The van der Waals surface area contributed by atoms with E-state index in [0.717, 1.165) is 4.88 Å². The number of thioether (sulfide) groups is 1. The molecule has 3 nitrogen and oxygen atoms in total. The van der Waals surface area contributed by atoms with Crippen LogP contribution in [0, 0.1) is 0 Å². The summed E-state index contributed by atoms with van der Waals surface area (Å²) in [6.45, 7) is 0.476. The number of Topliss-reactive ketones (excluding diaryl/α,β-unsaturated/α-hetero) is 1. The van der Waals surface area contributed by atoms with Gasteiger partial charge in [-0.2, -0.15) is 0 Å². The van der Waals surface area contributed by atoms with Crippen LogP contribution in [0.2, 0.25) is 4.34 Å². The first-order valence-corrected chi connectivity index (χ1v) is 8.67. The highest BCUT2D eigenvalue weighted by molar-refractivity contribution is 8.00. The Labute approximate surface area is 136 Å². The van der Waals surface area contributed by atoms with E-state index in [4.69, 9.17) is 11.6 Å². The van der Waals surface area contributed by atoms with Crippen molar-refractivity contribution in [2.45, 2.75) is 6.54 Å². The van der Waals surface area contributed by atoms with E-state index in [-0.39, 0.29) is 17.4 Å². The number of thiophene rings is 1. The summed E-state index contributed by atoms with van der Waals surface area (Å²) < 4.78 is 0.710. The maximum absolute atomic E-state index is 11.8. The summed E-state index contributed by atoms with van der Waals surface area (Å²) in [7, 11) is 0. The lowest BCUT2D eigenvalue weighted by Crippen LogP contribution is -2.24. The molecule has 1 heterocycles. The fourth-order valence-electron chi connectivity index (χ4n) is 1.63. The van der Waals surface area contributed by atoms with Crippen LogP contribution < -0.4 is 5.32 Å². The van der Waals surface area contributed by atoms with Crippen LogP contribution in [0.4, 0.5) is 0 Å². The van der Waals surface area contributed by atoms with Crippen molar-refractivity contribution in [3.63, 3.8) is 0 Å². The SMILES string of the molecule is O=C(CSCC(=O)c1ccccc1)NCc1ccc(Cl)s1. The minimum atomic E-state index is -0.0783. The molecule has 1 aromatic carbocycles. The van der Waals surface area contributed by atoms with Crippen LogP contribution in [0.3, 0.4) is 0 Å². The van der Waals surface area contributed by atoms with Crippen LogP contribution in [0.15, 0.2) is 42.5 Å². The van der Waals surface area contributed by atoms with Crippen molar-refractivity contribution < 1.29 is 9.59 Å². The summed E-state index contributed by atoms with van der Waals surface area (Å²) in [4.78, 5) is 24.5. The zero-order valence-electron chi connectivity index (χ0n) is 11.2. The van der Waals surface area contributed by atoms with Gasteiger partial charge in [-0.05, 0) is 12.1 Å². The van der Waals surface area contributed by atoms with Crippen LogP contribution in [0.25, 0.3) is 0 Å². The molecular weight excluding hydrogens is 326 g/mol. The van der Waals surface area contributed by atoms with E-state index in [1.54, 1.807) is 18.2 Å². The second-order valence-electron chi connectivity index (χ2n) is 4.26. The highest BCUT2D eigenvalue weighted by Gasteiger charge is 2.08. The van der Waals surface area contributed by atoms with E-state index in [9.17, 15) is 9.59 Å². The average Bonchev–Trinajstić information content (AvgIpc) is 2.91. The fraction of sp³-hybridized carbons (Fsp3) is 0.200. The van der Waals surface area contributed by atoms with Gasteiger partial charge in [0.25, 0.3) is 0 Å². The Hall–Kier alpha value is -1.30. The molecule has 1 N–H and O–H groups in total. The molecule has 1 amide bonds. The van der Waals surface area contributed by atoms with Gasteiger partial charge in [-0.1, -0.05) is 41.9 Å². The van der Waals surface area contributed by atoms with Gasteiger partial charge in [0.1, 0.15) is 0 Å². The second-order valence-corrected chi connectivity index (χ2v) is 7.05. The summed E-state index contributed by atoms with van der Waals surface area (Å²) in [5.41, 5.74) is 0.679. The number of hydrogen-bond acceptors (Lipinski definition) is 4. The quantitative estimate of drug-likeness (QED) is 0.783. The molecule has 1 aromatic heterocycles. The topological polar surface area (TPSA) is 46.2 Å². The molecule has 110 valence electrons. The molecule has 0 spiro atoms. The van der Waals surface area contributed by atoms with Gasteiger partial charge in [-0.15, -0.1) is 23.1 Å². The van der Waals surface area contributed by atoms with Gasteiger partial charge in [0, 0.05) is 10.4 Å². The number of carbonyl (C=O) groups excluding carboxylic acids is 2. The maximum Gasteiger partial charge on any atom is 0.230 e. The maximum atomic E-state index is 11.8. The third-order valence-corrected chi connectivity index (χ3v) is 4.81. The zero-order valence-corrected chi connectivity index (χ0v) is 13.6. The third-order valence-electron chi connectivity index (χ3n) is 2.65. The molecule has 21 heavy (non-hydrogen) atoms. The van der Waals surface area contributed by atoms with Crippen LogP contribution in [0.5, 0.6) is 0 Å². The Bertz CT molecular complexity index is 613. The summed E-state index contributed by atoms with van der Waals surface area (Å²) >= 11 is 8.58. The molecule has 0 radical (unpaired) electrons. The highest BCUT2D eigenvalue weighted by Crippen LogP contribution is 2.21. The Morgan fingerprint density at radius 3 is 2.52 bits per heavy atom. The summed E-state index contributed by atoms with van der Waals surface area (Å²) in [5.74, 6) is 0.545. The molecule has 0 saturated heterocycles. The average molecular weight is 340 g/mol. The van der Waals surface area contributed by atoms with Crippen molar-refractivity contribution in [2.24, 2.45) is 0 Å². The smallest absolute Gasteiger partial charge is 0.230 e. The first kappa shape index (κ1) is 16.1. The Morgan fingerprint density at radius 2 is 1.86 bits per heavy atom. The summed E-state index contributed by atoms with van der Waals surface area (Å²) in [5, 5.41) is 2.81. The van der Waals surface area contributed by atoms with Gasteiger partial charge < -0.3 is 5.32 Å². The van der Waals surface area contributed by atoms with Gasteiger partial charge in [-0.25, -0.2) is 0 Å². The number of ketones is 1. The number of carbonyl (C=O) groups is 2. The van der Waals surface area contributed by atoms with E-state index in [2.05, 4.69) is 5.32 Å². The van der Waals surface area contributed by atoms with Gasteiger partial charge in [0.05, 0.1) is 22.4 Å². The largest absolute Gasteiger partial charge is 0.350 e. The van der Waals surface area contributed by atoms with Crippen molar-refractivity contribution >= 4 is 46.4 Å². The van der Waals surface area contributed by atoms with E-state index >= 15 is 0 Å². The van der Waals surface area contributed by atoms with E-state index < -0.39 is 0 Å². The summed E-state index contributed by atoms with van der Waals surface area (Å²) in [6.07, 6.45) is 0. The molecule has 0 atom stereocenters. The van der Waals surface area contributed by atoms with E-state index in [0.29, 0.717) is 22.2 Å². The number of amides is 1. The molecule has 0 aliphatic carbocycles. The molecule has 2 aromatic rings. The lowest BCUT2D eigenvalue weighted by Gasteiger charge is -2.03. The number of benzene rings is 1. The Kier molecular flexibility index (Phi) is 6.29. The molecule has 0 aliphatic heterocycles. The normalized spacial score (nSPS) is 10.3. The number of rotatable bonds is 7. The van der Waals surface area contributed by atoms with Crippen molar-refractivity contribution in [3.05, 3.63) is 57.2 Å². The van der Waals surface area contributed by atoms with Gasteiger partial charge >= 0.3 is 0 Å². The molecular formula is C15H14ClNO2S2. The monoisotopic (exact) mass is 339 g/mol. The van der Waals surface area contributed by atoms with Gasteiger partial charge in [-0.3, -0.25) is 9.59 Å². The lowest BCUT2D eigenvalue weighted by atomic mass is 10.2. The van der Waals surface area contributed by atoms with Crippen LogP contribution in [-0.2, 0) is 11.3 Å². The molecule has 0 aliphatic rings. The van der Waals surface area contributed by atoms with Crippen LogP contribution in [-0.4, -0.2) is 23.2 Å². The fourth-order valence-corrected chi connectivity index (χ4v) is 3.40. The van der Waals surface area contributed by atoms with Crippen LogP contribution in [0.1, 0.15) is 15.2 Å². The number of halogens is 1. The number of nitrogens with one attached hydrogen (secondary N) is 1. The second kappa shape index (κ2) is 8.22. The highest BCUT2D eigenvalue weighted by atomic mass is 35.5. The van der Waals surface area contributed by atoms with Crippen molar-refractivity contribution in [1.29, 1.82) is 0 Å². The predicted octanol–water partition coefficient (Wildman–Crippen LogP) is 3.63. The number of hydrogen-bond donors (Lipinski definition) is 1. The van der Waals surface area contributed by atoms with Gasteiger partial charge in [0.2, 0.25) is 5.91 Å². The molecule has 6 heteroatoms. The lowest BCUT2D eigenvalue weighted by molar-refractivity contribution is -0.118. The van der Waals surface area contributed by atoms with Crippen molar-refractivity contribution in [3.8, 4) is 0 Å². The predicted molar refractivity (Wildman–Crippen MR) is 89.3 cm³/mol. The zero-order chi connectivity index (χ0) is 15.1. The van der Waals surface area contributed by atoms with E-state index in [1.807, 2.05) is 24.3 Å². The van der Waals surface area contributed by atoms with Crippen molar-refractivity contribution in [1.82, 2.24) is 5.32 Å². The van der Waals surface area contributed by atoms with Crippen molar-refractivity contribution in [2.75, 3.05) is 11.5 Å². The first-order chi connectivity index (χ1) is 10.1. The minimum Gasteiger partial charge on any atom is -0.350 e. The third kappa shape index (κ3) is 5.53. The molecule has 0 bridgehead atoms. The van der Waals surface area contributed by atoms with Crippen LogP contribution >= 0.6 is 34.7 Å². The Balaban J connectivity index is 1.66.